The van der Waals surface area contributed by atoms with E-state index in [1.54, 1.807) is 0 Å². The Morgan fingerprint density at radius 1 is 1.10 bits per heavy atom. The minimum absolute atomic E-state index is 0.0738. The first-order valence-corrected chi connectivity index (χ1v) is 14.2. The van der Waals surface area contributed by atoms with Crippen molar-refractivity contribution in [3.05, 3.63) is 29.3 Å². The van der Waals surface area contributed by atoms with E-state index in [1.807, 2.05) is 0 Å². The Morgan fingerprint density at radius 2 is 1.79 bits per heavy atom. The fourth-order valence-corrected chi connectivity index (χ4v) is 7.11. The van der Waals surface area contributed by atoms with Gasteiger partial charge in [0.15, 0.2) is 35.1 Å². The molecule has 0 amide bonds. The molecule has 9 N–H and O–H groups in total. The third-order valence-corrected chi connectivity index (χ3v) is 9.21. The lowest BCUT2D eigenvalue weighted by atomic mass is 10.1. The Bertz CT molecular complexity index is 1750. The molecular weight excluding hydrogens is 586 g/mol. The lowest BCUT2D eigenvalue weighted by Crippen LogP contribution is -2.39. The fraction of sp³-hybridized carbons (Fsp3) is 0.524. The number of ether oxygens (including phenoxy) is 2. The highest BCUT2D eigenvalue weighted by Crippen LogP contribution is 2.59. The number of halogens is 1. The van der Waals surface area contributed by atoms with Gasteiger partial charge in [-0.05, 0) is 6.92 Å². The molecule has 10 atom stereocenters. The molecule has 4 aromatic heterocycles. The number of aromatic amines is 1. The van der Waals surface area contributed by atoms with Crippen molar-refractivity contribution in [1.29, 1.82) is 0 Å². The number of hydrogen-bond donors (Lipinski definition) is 7. The van der Waals surface area contributed by atoms with Crippen LogP contribution in [0.1, 0.15) is 19.4 Å². The van der Waals surface area contributed by atoms with Crippen LogP contribution in [-0.4, -0.2) is 108 Å². The number of alkyl halides is 1. The van der Waals surface area contributed by atoms with Gasteiger partial charge in [-0.25, -0.2) is 24.3 Å². The van der Waals surface area contributed by atoms with Gasteiger partial charge in [0.05, 0.1) is 25.4 Å². The van der Waals surface area contributed by atoms with Gasteiger partial charge in [-0.3, -0.25) is 23.5 Å². The number of imidazole rings is 2. The van der Waals surface area contributed by atoms with Crippen LogP contribution in [0, 0.1) is 0 Å². The third-order valence-electron chi connectivity index (χ3n) is 7.29. The molecule has 0 radical (unpaired) electrons. The van der Waals surface area contributed by atoms with Crippen LogP contribution < -0.4 is 17.0 Å². The summed E-state index contributed by atoms with van der Waals surface area (Å²) < 4.78 is 48.4. The quantitative estimate of drug-likeness (QED) is 0.110. The molecule has 19 nitrogen and oxygen atoms in total. The number of nitrogen functional groups attached to an aromatic ring is 2. The second kappa shape index (κ2) is 10.3. The average molecular weight is 612 g/mol. The molecule has 1 unspecified atom stereocenters. The maximum absolute atomic E-state index is 15.5. The van der Waals surface area contributed by atoms with E-state index in [1.165, 1.54) is 24.1 Å². The van der Waals surface area contributed by atoms with Gasteiger partial charge in [-0.2, -0.15) is 4.98 Å². The van der Waals surface area contributed by atoms with E-state index < -0.39 is 74.6 Å². The summed E-state index contributed by atoms with van der Waals surface area (Å²) in [6, 6.07) is 0. The zero-order valence-electron chi connectivity index (χ0n) is 21.6. The van der Waals surface area contributed by atoms with E-state index in [-0.39, 0.29) is 34.1 Å². The first kappa shape index (κ1) is 28.5. The molecule has 0 saturated carbocycles. The van der Waals surface area contributed by atoms with E-state index in [2.05, 4.69) is 29.9 Å². The van der Waals surface area contributed by atoms with Crippen LogP contribution in [0.4, 0.5) is 16.2 Å². The highest BCUT2D eigenvalue weighted by Gasteiger charge is 2.57. The summed E-state index contributed by atoms with van der Waals surface area (Å²) in [5.41, 5.74) is 8.84. The minimum atomic E-state index is -5.06. The second-order valence-corrected chi connectivity index (χ2v) is 11.8. The number of aliphatic hydroxyl groups is 3. The van der Waals surface area contributed by atoms with Crippen LogP contribution in [-0.2, 0) is 18.6 Å². The van der Waals surface area contributed by atoms with Crippen LogP contribution in [0.5, 0.6) is 0 Å². The van der Waals surface area contributed by atoms with Crippen LogP contribution in [0.3, 0.4) is 0 Å². The minimum Gasteiger partial charge on any atom is -0.394 e. The highest BCUT2D eigenvalue weighted by molar-refractivity contribution is 7.53. The number of fused-ring (bicyclic) bond motifs is 2. The number of H-pyrrole nitrogens is 1. The van der Waals surface area contributed by atoms with Gasteiger partial charge >= 0.3 is 7.60 Å². The van der Waals surface area contributed by atoms with E-state index >= 15 is 4.39 Å². The SMILES string of the molecule is C[C@@H](OP(=O)(O)[C@@H]1[C@H](F)[C@@H](CO)O[C@H]1n1cnc2c(=O)[nH]c(N)nc21)[C@H]1O[C@@H](n2cnc3c(N)ncnc32)[C@H](O)[C@@H]1O. The van der Waals surface area contributed by atoms with Gasteiger partial charge < -0.3 is 45.7 Å². The molecule has 4 aromatic rings. The maximum Gasteiger partial charge on any atom is 0.339 e. The number of hydrogen-bond acceptors (Lipinski definition) is 15. The van der Waals surface area contributed by atoms with Crippen LogP contribution in [0.25, 0.3) is 22.3 Å². The van der Waals surface area contributed by atoms with Gasteiger partial charge in [0, 0.05) is 0 Å². The highest BCUT2D eigenvalue weighted by atomic mass is 31.2. The van der Waals surface area contributed by atoms with Crippen molar-refractivity contribution < 1.29 is 43.2 Å². The second-order valence-electron chi connectivity index (χ2n) is 9.89. The lowest BCUT2D eigenvalue weighted by Gasteiger charge is -2.29. The number of anilines is 2. The normalized spacial score (nSPS) is 32.0. The van der Waals surface area contributed by atoms with Crippen molar-refractivity contribution in [2.75, 3.05) is 18.1 Å². The average Bonchev–Trinajstić information content (AvgIpc) is 3.68. The Kier molecular flexibility index (Phi) is 6.97. The van der Waals surface area contributed by atoms with Crippen molar-refractivity contribution >= 4 is 41.7 Å². The first-order chi connectivity index (χ1) is 19.9. The van der Waals surface area contributed by atoms with Crippen molar-refractivity contribution in [3.63, 3.8) is 0 Å². The smallest absolute Gasteiger partial charge is 0.339 e. The standard InChI is InChI=1S/C21H26FN10O9P/c1-6(13-11(34)12(35)19(40-13)31-4-27-9-15(23)25-3-26-16(9)31)41-42(37,38)14-8(22)7(2-33)39-20(14)32-5-28-10-17(32)29-21(24)30-18(10)36/h3-8,11-14,19-20,33-35H,2H2,1H3,(H,37,38)(H2,23,25,26)(H3,24,29,30,36)/t6-,7-,8-,11+,12-,13-,14-,19-,20-/m1/s1. The van der Waals surface area contributed by atoms with Gasteiger partial charge in [0.1, 0.15) is 48.1 Å². The van der Waals surface area contributed by atoms with E-state index in [9.17, 15) is 29.6 Å². The topological polar surface area (TPSA) is 285 Å². The number of aliphatic hydroxyl groups excluding tert-OH is 3. The Morgan fingerprint density at radius 3 is 2.50 bits per heavy atom. The van der Waals surface area contributed by atoms with E-state index in [4.69, 9.17) is 25.5 Å². The molecule has 21 heteroatoms. The Labute approximate surface area is 233 Å². The Hall–Kier alpha value is -3.62. The summed E-state index contributed by atoms with van der Waals surface area (Å²) in [6.07, 6.45) is -9.11. The number of nitrogens with zero attached hydrogens (tertiary/aromatic N) is 7. The molecule has 226 valence electrons. The van der Waals surface area contributed by atoms with Gasteiger partial charge in [-0.15, -0.1) is 0 Å². The molecule has 2 aliphatic heterocycles. The van der Waals surface area contributed by atoms with Crippen molar-refractivity contribution in [2.24, 2.45) is 0 Å². The zero-order chi connectivity index (χ0) is 30.1. The molecule has 2 aliphatic rings. The van der Waals surface area contributed by atoms with Gasteiger partial charge in [0.2, 0.25) is 5.95 Å². The summed E-state index contributed by atoms with van der Waals surface area (Å²) in [4.78, 5) is 45.5. The van der Waals surface area contributed by atoms with Crippen LogP contribution in [0.2, 0.25) is 0 Å². The van der Waals surface area contributed by atoms with Crippen molar-refractivity contribution in [3.8, 4) is 0 Å². The number of rotatable bonds is 7. The maximum atomic E-state index is 15.5. The first-order valence-electron chi connectivity index (χ1n) is 12.5. The number of nitrogens with one attached hydrogen (secondary N) is 1. The summed E-state index contributed by atoms with van der Waals surface area (Å²) in [5, 5.41) is 31.2. The Balaban J connectivity index is 1.28. The number of nitrogens with two attached hydrogens (primary N) is 2. The molecule has 2 saturated heterocycles. The summed E-state index contributed by atoms with van der Waals surface area (Å²) >= 11 is 0. The molecule has 0 spiro atoms. The summed E-state index contributed by atoms with van der Waals surface area (Å²) in [6.45, 7) is 0.436. The summed E-state index contributed by atoms with van der Waals surface area (Å²) in [7, 11) is -5.06. The van der Waals surface area contributed by atoms with E-state index in [0.29, 0.717) is 0 Å². The van der Waals surface area contributed by atoms with Crippen molar-refractivity contribution in [1.82, 2.24) is 39.0 Å². The molecule has 2 fully saturated rings. The predicted molar refractivity (Wildman–Crippen MR) is 138 cm³/mol. The van der Waals surface area contributed by atoms with Crippen LogP contribution in [0.15, 0.2) is 23.8 Å². The molecule has 0 aliphatic carbocycles. The van der Waals surface area contributed by atoms with Gasteiger partial charge in [-0.1, -0.05) is 0 Å². The van der Waals surface area contributed by atoms with Crippen LogP contribution >= 0.6 is 7.60 Å². The molecule has 6 rings (SSSR count). The molecule has 6 heterocycles. The molecule has 0 aromatic carbocycles. The third kappa shape index (κ3) is 4.43. The fourth-order valence-electron chi connectivity index (χ4n) is 5.28. The summed E-state index contributed by atoms with van der Waals surface area (Å²) in [5.74, 6) is -0.221. The monoisotopic (exact) mass is 612 g/mol. The predicted octanol–water partition coefficient (Wildman–Crippen LogP) is -2.07. The van der Waals surface area contributed by atoms with Crippen molar-refractivity contribution in [2.45, 2.75) is 61.7 Å². The largest absolute Gasteiger partial charge is 0.394 e. The molecule has 0 bridgehead atoms. The zero-order valence-corrected chi connectivity index (χ0v) is 22.5. The van der Waals surface area contributed by atoms with Gasteiger partial charge in [0.25, 0.3) is 5.56 Å². The van der Waals surface area contributed by atoms with E-state index in [0.717, 1.165) is 10.9 Å². The molecule has 42 heavy (non-hydrogen) atoms. The lowest BCUT2D eigenvalue weighted by molar-refractivity contribution is -0.0736. The number of aromatic nitrogens is 8. The molecular formula is C21H26FN10O9P.